The average Bonchev–Trinajstić information content (AvgIpc) is 3.11. The number of amidine groups is 1. The van der Waals surface area contributed by atoms with Gasteiger partial charge in [-0.05, 0) is 30.0 Å². The lowest BCUT2D eigenvalue weighted by atomic mass is 10.1. The molecule has 100 valence electrons. The number of allylic oxidation sites excluding steroid dienone is 1. The van der Waals surface area contributed by atoms with Crippen molar-refractivity contribution in [2.24, 2.45) is 4.99 Å². The highest BCUT2D eigenvalue weighted by atomic mass is 32.2. The van der Waals surface area contributed by atoms with Gasteiger partial charge in [-0.15, -0.1) is 0 Å². The Kier molecular flexibility index (Phi) is 2.50. The third kappa shape index (κ3) is 1.56. The van der Waals surface area contributed by atoms with E-state index in [4.69, 9.17) is 4.42 Å². The molecule has 1 aromatic carbocycles. The second-order valence-corrected chi connectivity index (χ2v) is 5.64. The lowest BCUT2D eigenvalue weighted by Crippen LogP contribution is -2.20. The van der Waals surface area contributed by atoms with E-state index in [1.807, 2.05) is 0 Å². The van der Waals surface area contributed by atoms with Crippen LogP contribution < -0.4 is 0 Å². The summed E-state index contributed by atoms with van der Waals surface area (Å²) in [4.78, 5) is 7.56. The Morgan fingerprint density at radius 2 is 2.35 bits per heavy atom. The monoisotopic (exact) mass is 286 g/mol. The zero-order valence-electron chi connectivity index (χ0n) is 10.6. The first-order valence-electron chi connectivity index (χ1n) is 6.31. The molecule has 0 fully saturated rings. The molecule has 0 aliphatic carbocycles. The van der Waals surface area contributed by atoms with Gasteiger partial charge in [0, 0.05) is 22.4 Å². The highest BCUT2D eigenvalue weighted by Crippen LogP contribution is 2.44. The van der Waals surface area contributed by atoms with E-state index < -0.39 is 0 Å². The summed E-state index contributed by atoms with van der Waals surface area (Å²) in [7, 11) is 0. The number of nitrogens with zero attached hydrogens (tertiary/aromatic N) is 2. The van der Waals surface area contributed by atoms with Gasteiger partial charge >= 0.3 is 0 Å². The Balaban J connectivity index is 2.00. The highest BCUT2D eigenvalue weighted by molar-refractivity contribution is 8.17. The Morgan fingerprint density at radius 1 is 1.45 bits per heavy atom. The number of rotatable bonds is 2. The van der Waals surface area contributed by atoms with Gasteiger partial charge in [0.2, 0.25) is 0 Å². The summed E-state index contributed by atoms with van der Waals surface area (Å²) >= 11 is 1.57. The van der Waals surface area contributed by atoms with E-state index >= 15 is 0 Å². The molecule has 2 aliphatic heterocycles. The van der Waals surface area contributed by atoms with Gasteiger partial charge < -0.3 is 9.32 Å². The van der Waals surface area contributed by atoms with E-state index in [0.717, 1.165) is 39.8 Å². The van der Waals surface area contributed by atoms with Crippen LogP contribution in [0, 0.1) is 5.82 Å². The summed E-state index contributed by atoms with van der Waals surface area (Å²) < 4.78 is 19.4. The van der Waals surface area contributed by atoms with E-state index in [9.17, 15) is 4.39 Å². The lowest BCUT2D eigenvalue weighted by molar-refractivity contribution is 0.600. The summed E-state index contributed by atoms with van der Waals surface area (Å²) in [6.45, 7) is 5.44. The number of benzene rings is 1. The van der Waals surface area contributed by atoms with Crippen LogP contribution in [0.3, 0.4) is 0 Å². The van der Waals surface area contributed by atoms with Crippen molar-refractivity contribution in [1.29, 1.82) is 0 Å². The lowest BCUT2D eigenvalue weighted by Gasteiger charge is -2.17. The summed E-state index contributed by atoms with van der Waals surface area (Å²) in [5.41, 5.74) is 2.41. The fraction of sp³-hybridized carbons (Fsp3) is 0.133. The van der Waals surface area contributed by atoms with Gasteiger partial charge in [0.25, 0.3) is 0 Å². The standard InChI is InChI=1S/C15H11FN2OS/c1-2-12-13(18-5-4-17-15(18)20-12)11-8-10(16)7-9-3-6-19-14(9)11/h2-3,6-8H,1,4-5H2. The van der Waals surface area contributed by atoms with E-state index in [1.54, 1.807) is 30.2 Å². The van der Waals surface area contributed by atoms with E-state index in [2.05, 4.69) is 16.5 Å². The Hall–Kier alpha value is -2.01. The third-order valence-corrected chi connectivity index (χ3v) is 4.57. The molecule has 2 aliphatic rings. The molecule has 3 heterocycles. The van der Waals surface area contributed by atoms with Gasteiger partial charge in [-0.2, -0.15) is 0 Å². The molecular formula is C15H11FN2OS. The summed E-state index contributed by atoms with van der Waals surface area (Å²) in [6.07, 6.45) is 3.38. The minimum Gasteiger partial charge on any atom is -0.464 e. The van der Waals surface area contributed by atoms with Crippen LogP contribution in [-0.2, 0) is 0 Å². The summed E-state index contributed by atoms with van der Waals surface area (Å²) in [5, 5.41) is 1.73. The number of fused-ring (bicyclic) bond motifs is 2. The van der Waals surface area contributed by atoms with E-state index in [1.165, 1.54) is 12.1 Å². The smallest absolute Gasteiger partial charge is 0.168 e. The van der Waals surface area contributed by atoms with Gasteiger partial charge in [-0.1, -0.05) is 12.7 Å². The van der Waals surface area contributed by atoms with Crippen LogP contribution in [0.2, 0.25) is 0 Å². The first-order chi connectivity index (χ1) is 9.78. The highest BCUT2D eigenvalue weighted by Gasteiger charge is 2.33. The molecule has 4 rings (SSSR count). The van der Waals surface area contributed by atoms with E-state index in [0.29, 0.717) is 5.58 Å². The average molecular weight is 286 g/mol. The molecule has 0 N–H and O–H groups in total. The number of hydrogen-bond donors (Lipinski definition) is 0. The minimum absolute atomic E-state index is 0.264. The molecule has 0 atom stereocenters. The molecule has 5 heteroatoms. The molecule has 0 bridgehead atoms. The van der Waals surface area contributed by atoms with Gasteiger partial charge in [0.05, 0.1) is 18.5 Å². The van der Waals surface area contributed by atoms with Crippen LogP contribution in [0.4, 0.5) is 4.39 Å². The predicted octanol–water partition coefficient (Wildman–Crippen LogP) is 3.84. The molecule has 3 nitrogen and oxygen atoms in total. The van der Waals surface area contributed by atoms with Crippen molar-refractivity contribution >= 4 is 33.6 Å². The number of aliphatic imine (C=N–C) groups is 1. The van der Waals surface area contributed by atoms with Crippen LogP contribution in [0.1, 0.15) is 5.56 Å². The zero-order valence-corrected chi connectivity index (χ0v) is 11.4. The molecule has 0 spiro atoms. The van der Waals surface area contributed by atoms with Crippen LogP contribution in [0.25, 0.3) is 16.7 Å². The van der Waals surface area contributed by atoms with Crippen molar-refractivity contribution < 1.29 is 8.81 Å². The minimum atomic E-state index is -0.264. The fourth-order valence-corrected chi connectivity index (χ4v) is 3.68. The van der Waals surface area contributed by atoms with Gasteiger partial charge in [-0.3, -0.25) is 4.99 Å². The molecule has 0 radical (unpaired) electrons. The summed E-state index contributed by atoms with van der Waals surface area (Å²) in [6, 6.07) is 4.78. The Morgan fingerprint density at radius 3 is 3.20 bits per heavy atom. The topological polar surface area (TPSA) is 28.7 Å². The molecule has 1 aromatic heterocycles. The number of halogens is 1. The van der Waals surface area contributed by atoms with Crippen molar-refractivity contribution in [2.45, 2.75) is 0 Å². The molecule has 0 saturated carbocycles. The molecule has 20 heavy (non-hydrogen) atoms. The normalized spacial score (nSPS) is 17.9. The molecular weight excluding hydrogens is 275 g/mol. The third-order valence-electron chi connectivity index (χ3n) is 3.46. The van der Waals surface area contributed by atoms with Crippen molar-refractivity contribution in [1.82, 2.24) is 4.90 Å². The largest absolute Gasteiger partial charge is 0.464 e. The summed E-state index contributed by atoms with van der Waals surface area (Å²) in [5.74, 6) is -0.264. The van der Waals surface area contributed by atoms with Crippen molar-refractivity contribution in [3.05, 3.63) is 53.4 Å². The van der Waals surface area contributed by atoms with Crippen LogP contribution in [-0.4, -0.2) is 23.2 Å². The fourth-order valence-electron chi connectivity index (χ4n) is 2.64. The molecule has 0 unspecified atom stereocenters. The molecule has 0 saturated heterocycles. The molecule has 2 aromatic rings. The SMILES string of the molecule is C=CC1=C(c2cc(F)cc3ccoc23)N2CCN=C2S1. The quantitative estimate of drug-likeness (QED) is 0.839. The first-order valence-corrected chi connectivity index (χ1v) is 7.13. The Labute approximate surface area is 119 Å². The second-order valence-electron chi connectivity index (χ2n) is 4.63. The maximum Gasteiger partial charge on any atom is 0.168 e. The number of furan rings is 1. The van der Waals surface area contributed by atoms with Crippen molar-refractivity contribution in [2.75, 3.05) is 13.1 Å². The second kappa shape index (κ2) is 4.24. The van der Waals surface area contributed by atoms with Gasteiger partial charge in [-0.25, -0.2) is 4.39 Å². The Bertz CT molecular complexity index is 790. The van der Waals surface area contributed by atoms with Crippen LogP contribution in [0.15, 0.2) is 51.4 Å². The number of hydrogen-bond acceptors (Lipinski definition) is 4. The van der Waals surface area contributed by atoms with Gasteiger partial charge in [0.15, 0.2) is 5.17 Å². The zero-order chi connectivity index (χ0) is 13.7. The predicted molar refractivity (Wildman–Crippen MR) is 79.9 cm³/mol. The maximum atomic E-state index is 13.9. The first kappa shape index (κ1) is 11.8. The van der Waals surface area contributed by atoms with Crippen LogP contribution in [0.5, 0.6) is 0 Å². The van der Waals surface area contributed by atoms with E-state index in [-0.39, 0.29) is 5.82 Å². The maximum absolute atomic E-state index is 13.9. The van der Waals surface area contributed by atoms with Crippen molar-refractivity contribution in [3.63, 3.8) is 0 Å². The molecule has 0 amide bonds. The van der Waals surface area contributed by atoms with Crippen molar-refractivity contribution in [3.8, 4) is 0 Å². The van der Waals surface area contributed by atoms with Gasteiger partial charge in [0.1, 0.15) is 11.4 Å². The van der Waals surface area contributed by atoms with Crippen LogP contribution >= 0.6 is 11.8 Å². The number of thioether (sulfide) groups is 1.